The third kappa shape index (κ3) is 4.49. The fraction of sp³-hybridized carbons (Fsp3) is 0.238. The van der Waals surface area contributed by atoms with Crippen molar-refractivity contribution in [1.82, 2.24) is 0 Å². The molecule has 0 radical (unpaired) electrons. The van der Waals surface area contributed by atoms with Crippen LogP contribution in [0, 0.1) is 29.0 Å². The highest BCUT2D eigenvalue weighted by Gasteiger charge is 2.50. The molecule has 0 amide bonds. The van der Waals surface area contributed by atoms with Gasteiger partial charge in [-0.3, -0.25) is 0 Å². The number of nitrogens with two attached hydrogens (primary N) is 1. The van der Waals surface area contributed by atoms with E-state index in [0.29, 0.717) is 16.7 Å². The predicted molar refractivity (Wildman–Crippen MR) is 98.1 cm³/mol. The molecule has 1 aliphatic heterocycles. The fourth-order valence-electron chi connectivity index (χ4n) is 3.00. The van der Waals surface area contributed by atoms with E-state index in [1.165, 1.54) is 19.1 Å². The first kappa shape index (κ1) is 20.2. The molecule has 1 heterocycles. The Morgan fingerprint density at radius 1 is 1.10 bits per heavy atom. The number of halogens is 4. The number of alkyl halides is 3. The molecule has 2 N–H and O–H groups in total. The van der Waals surface area contributed by atoms with Gasteiger partial charge in [-0.2, -0.15) is 18.4 Å². The van der Waals surface area contributed by atoms with E-state index in [9.17, 15) is 17.6 Å². The summed E-state index contributed by atoms with van der Waals surface area (Å²) >= 11 is 0. The van der Waals surface area contributed by atoms with E-state index >= 15 is 0 Å². The first-order valence-corrected chi connectivity index (χ1v) is 8.52. The van der Waals surface area contributed by atoms with Crippen LogP contribution in [0.2, 0.25) is 0 Å². The monoisotopic (exact) mass is 401 g/mol. The summed E-state index contributed by atoms with van der Waals surface area (Å²) in [6.45, 7) is 1.37. The van der Waals surface area contributed by atoms with Gasteiger partial charge in [-0.05, 0) is 49.4 Å². The molecule has 4 nitrogen and oxygen atoms in total. The second-order valence-electron chi connectivity index (χ2n) is 6.71. The third-order valence-electron chi connectivity index (χ3n) is 4.48. The quantitative estimate of drug-likeness (QED) is 0.581. The van der Waals surface area contributed by atoms with Crippen LogP contribution in [0.1, 0.15) is 35.6 Å². The zero-order chi connectivity index (χ0) is 21.2. The van der Waals surface area contributed by atoms with Crippen molar-refractivity contribution in [3.8, 4) is 17.9 Å². The minimum atomic E-state index is -4.66. The molecule has 0 saturated carbocycles. The summed E-state index contributed by atoms with van der Waals surface area (Å²) in [6.07, 6.45) is -7.45. The fourth-order valence-corrected chi connectivity index (χ4v) is 3.00. The van der Waals surface area contributed by atoms with Gasteiger partial charge >= 0.3 is 6.18 Å². The molecule has 8 heteroatoms. The largest absolute Gasteiger partial charge is 0.452 e. The van der Waals surface area contributed by atoms with Crippen LogP contribution in [0.25, 0.3) is 0 Å². The Balaban J connectivity index is 1.96. The first-order chi connectivity index (χ1) is 13.6. The summed E-state index contributed by atoms with van der Waals surface area (Å²) in [4.78, 5) is 3.94. The Labute approximate surface area is 164 Å². The molecule has 2 aromatic carbocycles. The summed E-state index contributed by atoms with van der Waals surface area (Å²) in [5.74, 6) is 5.00. The number of ether oxygens (including phenoxy) is 1. The Morgan fingerprint density at radius 2 is 1.69 bits per heavy atom. The smallest absolute Gasteiger partial charge is 0.425 e. The number of nitrogens with zero attached hydrogens (tertiary/aromatic N) is 2. The second-order valence-corrected chi connectivity index (χ2v) is 6.71. The highest BCUT2D eigenvalue weighted by Crippen LogP contribution is 2.40. The van der Waals surface area contributed by atoms with Gasteiger partial charge in [-0.1, -0.05) is 11.8 Å². The summed E-state index contributed by atoms with van der Waals surface area (Å²) in [5.41, 5.74) is 5.35. The van der Waals surface area contributed by atoms with Crippen LogP contribution in [0.15, 0.2) is 47.5 Å². The van der Waals surface area contributed by atoms with Gasteiger partial charge in [0.05, 0.1) is 17.2 Å². The number of rotatable bonds is 1. The Bertz CT molecular complexity index is 1060. The van der Waals surface area contributed by atoms with Gasteiger partial charge in [0, 0.05) is 23.1 Å². The van der Waals surface area contributed by atoms with Crippen molar-refractivity contribution < 1.29 is 22.3 Å². The number of amidine groups is 1. The average Bonchev–Trinajstić information content (AvgIpc) is 2.66. The van der Waals surface area contributed by atoms with Gasteiger partial charge < -0.3 is 10.5 Å². The van der Waals surface area contributed by atoms with Gasteiger partial charge in [0.2, 0.25) is 0 Å². The first-order valence-electron chi connectivity index (χ1n) is 8.52. The van der Waals surface area contributed by atoms with E-state index in [1.54, 1.807) is 24.3 Å². The maximum atomic E-state index is 14.5. The predicted octanol–water partition coefficient (Wildman–Crippen LogP) is 3.98. The Hall–Kier alpha value is -3.52. The zero-order valence-electron chi connectivity index (χ0n) is 15.2. The minimum Gasteiger partial charge on any atom is -0.452 e. The minimum absolute atomic E-state index is 0.0513. The van der Waals surface area contributed by atoms with Gasteiger partial charge in [-0.15, -0.1) is 0 Å². The van der Waals surface area contributed by atoms with E-state index < -0.39 is 36.1 Å². The molecule has 2 atom stereocenters. The molecule has 2 aromatic rings. The molecule has 0 fully saturated rings. The van der Waals surface area contributed by atoms with Crippen molar-refractivity contribution in [2.24, 2.45) is 10.7 Å². The summed E-state index contributed by atoms with van der Waals surface area (Å²) < 4.78 is 58.5. The molecular weight excluding hydrogens is 386 g/mol. The van der Waals surface area contributed by atoms with Crippen molar-refractivity contribution in [1.29, 1.82) is 5.26 Å². The zero-order valence-corrected chi connectivity index (χ0v) is 15.2. The van der Waals surface area contributed by atoms with Crippen molar-refractivity contribution in [3.63, 3.8) is 0 Å². The second kappa shape index (κ2) is 7.48. The molecule has 148 valence electrons. The number of hydrogen-bond acceptors (Lipinski definition) is 4. The molecule has 0 aliphatic carbocycles. The number of hydrogen-bond donors (Lipinski definition) is 1. The normalized spacial score (nSPS) is 21.2. The van der Waals surface area contributed by atoms with Crippen LogP contribution in [-0.4, -0.2) is 18.3 Å². The van der Waals surface area contributed by atoms with Crippen LogP contribution in [0.4, 0.5) is 17.6 Å². The van der Waals surface area contributed by atoms with Gasteiger partial charge in [-0.25, -0.2) is 9.38 Å². The molecule has 0 spiro atoms. The molecule has 29 heavy (non-hydrogen) atoms. The molecule has 0 unspecified atom stereocenters. The standard InChI is InChI=1S/C21H15F4N3O/c1-20(11-18(21(23,24)25)29-19(27)28-20)16-10-14(8-9-17(16)22)5-2-13-3-6-15(12-26)7-4-13/h3-4,6-10,18H,11H2,1H3,(H2,27,28)/t18-,20-/m0/s1. The van der Waals surface area contributed by atoms with Crippen LogP contribution in [0.3, 0.4) is 0 Å². The van der Waals surface area contributed by atoms with Gasteiger partial charge in [0.15, 0.2) is 6.10 Å². The van der Waals surface area contributed by atoms with Gasteiger partial charge in [0.25, 0.3) is 6.02 Å². The maximum Gasteiger partial charge on any atom is 0.425 e. The number of nitriles is 1. The Morgan fingerprint density at radius 3 is 2.31 bits per heavy atom. The molecular formula is C21H15F4N3O. The van der Waals surface area contributed by atoms with Crippen molar-refractivity contribution in [3.05, 3.63) is 70.5 Å². The lowest BCUT2D eigenvalue weighted by molar-refractivity contribution is -0.208. The van der Waals surface area contributed by atoms with Crippen LogP contribution < -0.4 is 5.73 Å². The van der Waals surface area contributed by atoms with Gasteiger partial charge in [0.1, 0.15) is 5.82 Å². The molecule has 0 saturated heterocycles. The van der Waals surface area contributed by atoms with E-state index in [0.717, 1.165) is 6.07 Å². The van der Waals surface area contributed by atoms with E-state index in [-0.39, 0.29) is 5.56 Å². The highest BCUT2D eigenvalue weighted by molar-refractivity contribution is 5.73. The number of benzene rings is 2. The molecule has 0 bridgehead atoms. The van der Waals surface area contributed by atoms with E-state index in [2.05, 4.69) is 21.6 Å². The molecule has 1 aliphatic rings. The molecule has 3 rings (SSSR count). The summed E-state index contributed by atoms with van der Waals surface area (Å²) in [6, 6.07) is 11.8. The Kier molecular flexibility index (Phi) is 5.21. The summed E-state index contributed by atoms with van der Waals surface area (Å²) in [5, 5.41) is 8.81. The average molecular weight is 401 g/mol. The lowest BCUT2D eigenvalue weighted by Gasteiger charge is -2.35. The van der Waals surface area contributed by atoms with Crippen molar-refractivity contribution in [2.75, 3.05) is 0 Å². The molecule has 0 aromatic heterocycles. The topological polar surface area (TPSA) is 71.4 Å². The number of aliphatic imine (C=N–C) groups is 1. The van der Waals surface area contributed by atoms with Crippen LogP contribution >= 0.6 is 0 Å². The lowest BCUT2D eigenvalue weighted by atomic mass is 9.84. The van der Waals surface area contributed by atoms with Crippen LogP contribution in [0.5, 0.6) is 0 Å². The maximum absolute atomic E-state index is 14.5. The summed E-state index contributed by atoms with van der Waals surface area (Å²) in [7, 11) is 0. The SMILES string of the molecule is C[C@@]1(c2cc(C#Cc3ccc(C#N)cc3)ccc2F)C[C@@H](C(F)(F)F)OC(N)=N1. The highest BCUT2D eigenvalue weighted by atomic mass is 19.4. The van der Waals surface area contributed by atoms with Crippen LogP contribution in [-0.2, 0) is 10.3 Å². The lowest BCUT2D eigenvalue weighted by Crippen LogP contribution is -2.46. The van der Waals surface area contributed by atoms with Crippen molar-refractivity contribution in [2.45, 2.75) is 31.2 Å². The van der Waals surface area contributed by atoms with E-state index in [4.69, 9.17) is 11.0 Å². The van der Waals surface area contributed by atoms with E-state index in [1.807, 2.05) is 6.07 Å². The van der Waals surface area contributed by atoms with Crippen molar-refractivity contribution >= 4 is 6.02 Å². The third-order valence-corrected chi connectivity index (χ3v) is 4.48.